The molecule has 19 heavy (non-hydrogen) atoms. The molecule has 2 unspecified atom stereocenters. The summed E-state index contributed by atoms with van der Waals surface area (Å²) >= 11 is 5.75. The van der Waals surface area contributed by atoms with Gasteiger partial charge in [0.2, 0.25) is 5.91 Å². The van der Waals surface area contributed by atoms with E-state index in [2.05, 4.69) is 5.32 Å². The molecule has 1 rings (SSSR count). The smallest absolute Gasteiger partial charge is 0.222 e. The van der Waals surface area contributed by atoms with E-state index in [0.717, 1.165) is 0 Å². The van der Waals surface area contributed by atoms with Gasteiger partial charge in [0, 0.05) is 11.6 Å². The Labute approximate surface area is 118 Å². The highest BCUT2D eigenvalue weighted by Crippen LogP contribution is 2.15. The molecule has 1 aromatic rings. The molecule has 0 aliphatic heterocycles. The Balaban J connectivity index is 2.39. The zero-order valence-electron chi connectivity index (χ0n) is 11.1. The van der Waals surface area contributed by atoms with Crippen molar-refractivity contribution in [1.29, 1.82) is 0 Å². The van der Waals surface area contributed by atoms with E-state index in [-0.39, 0.29) is 24.8 Å². The summed E-state index contributed by atoms with van der Waals surface area (Å²) in [6, 6.07) is 6.79. The fourth-order valence-electron chi connectivity index (χ4n) is 1.51. The van der Waals surface area contributed by atoms with Crippen molar-refractivity contribution in [2.45, 2.75) is 32.5 Å². The van der Waals surface area contributed by atoms with Crippen molar-refractivity contribution in [3.63, 3.8) is 0 Å². The molecule has 0 aliphatic carbocycles. The van der Waals surface area contributed by atoms with E-state index in [1.165, 1.54) is 0 Å². The van der Waals surface area contributed by atoms with E-state index in [1.54, 1.807) is 24.3 Å². The number of halogens is 1. The van der Waals surface area contributed by atoms with Crippen molar-refractivity contribution in [3.05, 3.63) is 34.9 Å². The third-order valence-electron chi connectivity index (χ3n) is 2.91. The Bertz CT molecular complexity index is 406. The van der Waals surface area contributed by atoms with Gasteiger partial charge in [0.1, 0.15) is 0 Å². The van der Waals surface area contributed by atoms with Crippen molar-refractivity contribution in [2.75, 3.05) is 6.54 Å². The normalized spacial score (nSPS) is 14.2. The van der Waals surface area contributed by atoms with Crippen LogP contribution < -0.4 is 5.32 Å². The van der Waals surface area contributed by atoms with Crippen molar-refractivity contribution in [3.8, 4) is 0 Å². The number of rotatable bonds is 6. The molecule has 1 amide bonds. The lowest BCUT2D eigenvalue weighted by atomic mass is 10.0. The van der Waals surface area contributed by atoms with Crippen LogP contribution in [0, 0.1) is 5.92 Å². The molecule has 0 saturated heterocycles. The average Bonchev–Trinajstić information content (AvgIpc) is 2.36. The SMILES string of the molecule is CC(C)C(O)CC(=O)NCC(O)c1ccc(Cl)cc1. The zero-order valence-corrected chi connectivity index (χ0v) is 11.9. The van der Waals surface area contributed by atoms with Gasteiger partial charge in [0.25, 0.3) is 0 Å². The van der Waals surface area contributed by atoms with Crippen LogP contribution in [0.5, 0.6) is 0 Å². The molecular weight excluding hydrogens is 266 g/mol. The minimum Gasteiger partial charge on any atom is -0.392 e. The molecule has 1 aromatic carbocycles. The highest BCUT2D eigenvalue weighted by molar-refractivity contribution is 6.30. The Morgan fingerprint density at radius 2 is 1.84 bits per heavy atom. The van der Waals surface area contributed by atoms with E-state index in [4.69, 9.17) is 11.6 Å². The second-order valence-electron chi connectivity index (χ2n) is 4.89. The molecule has 0 spiro atoms. The first-order valence-electron chi connectivity index (χ1n) is 6.28. The van der Waals surface area contributed by atoms with Crippen LogP contribution in [0.4, 0.5) is 0 Å². The van der Waals surface area contributed by atoms with Gasteiger partial charge in [-0.05, 0) is 23.6 Å². The zero-order chi connectivity index (χ0) is 14.4. The van der Waals surface area contributed by atoms with Gasteiger partial charge in [-0.3, -0.25) is 4.79 Å². The van der Waals surface area contributed by atoms with Gasteiger partial charge >= 0.3 is 0 Å². The number of aliphatic hydroxyl groups excluding tert-OH is 2. The van der Waals surface area contributed by atoms with Gasteiger partial charge in [-0.15, -0.1) is 0 Å². The van der Waals surface area contributed by atoms with E-state index in [9.17, 15) is 15.0 Å². The third kappa shape index (κ3) is 5.59. The van der Waals surface area contributed by atoms with Gasteiger partial charge < -0.3 is 15.5 Å². The minimum absolute atomic E-state index is 0.0342. The Hall–Kier alpha value is -1.10. The van der Waals surface area contributed by atoms with Crippen LogP contribution >= 0.6 is 11.6 Å². The van der Waals surface area contributed by atoms with E-state index < -0.39 is 12.2 Å². The average molecular weight is 286 g/mol. The molecule has 2 atom stereocenters. The number of hydrogen-bond acceptors (Lipinski definition) is 3. The number of hydrogen-bond donors (Lipinski definition) is 3. The second-order valence-corrected chi connectivity index (χ2v) is 5.32. The first kappa shape index (κ1) is 16.0. The second kappa shape index (κ2) is 7.48. The maximum Gasteiger partial charge on any atom is 0.222 e. The van der Waals surface area contributed by atoms with Crippen molar-refractivity contribution in [2.24, 2.45) is 5.92 Å². The van der Waals surface area contributed by atoms with E-state index in [1.807, 2.05) is 13.8 Å². The lowest BCUT2D eigenvalue weighted by Crippen LogP contribution is -2.32. The molecular formula is C14H20ClNO3. The van der Waals surface area contributed by atoms with Crippen molar-refractivity contribution >= 4 is 17.5 Å². The largest absolute Gasteiger partial charge is 0.392 e. The van der Waals surface area contributed by atoms with Crippen LogP contribution in [-0.4, -0.2) is 28.8 Å². The third-order valence-corrected chi connectivity index (χ3v) is 3.16. The number of carbonyl (C=O) groups excluding carboxylic acids is 1. The molecule has 5 heteroatoms. The summed E-state index contributed by atoms with van der Waals surface area (Å²) in [4.78, 5) is 11.5. The minimum atomic E-state index is -0.780. The maximum atomic E-state index is 11.5. The molecule has 0 saturated carbocycles. The van der Waals surface area contributed by atoms with Crippen LogP contribution in [0.1, 0.15) is 31.9 Å². The fraction of sp³-hybridized carbons (Fsp3) is 0.500. The number of amides is 1. The lowest BCUT2D eigenvalue weighted by molar-refractivity contribution is -0.124. The predicted molar refractivity (Wildman–Crippen MR) is 74.9 cm³/mol. The molecule has 0 bridgehead atoms. The summed E-state index contributed by atoms with van der Waals surface area (Å²) < 4.78 is 0. The van der Waals surface area contributed by atoms with Gasteiger partial charge in [-0.25, -0.2) is 0 Å². The van der Waals surface area contributed by atoms with E-state index in [0.29, 0.717) is 10.6 Å². The Morgan fingerprint density at radius 1 is 1.26 bits per heavy atom. The van der Waals surface area contributed by atoms with E-state index >= 15 is 0 Å². The van der Waals surface area contributed by atoms with Crippen LogP contribution in [-0.2, 0) is 4.79 Å². The quantitative estimate of drug-likeness (QED) is 0.748. The van der Waals surface area contributed by atoms with Gasteiger partial charge in [0.05, 0.1) is 18.6 Å². The molecule has 0 aliphatic rings. The molecule has 0 fully saturated rings. The van der Waals surface area contributed by atoms with Crippen LogP contribution in [0.2, 0.25) is 5.02 Å². The monoisotopic (exact) mass is 285 g/mol. The Morgan fingerprint density at radius 3 is 2.37 bits per heavy atom. The maximum absolute atomic E-state index is 11.5. The lowest BCUT2D eigenvalue weighted by Gasteiger charge is -2.16. The molecule has 106 valence electrons. The summed E-state index contributed by atoms with van der Waals surface area (Å²) in [6.07, 6.45) is -1.39. The summed E-state index contributed by atoms with van der Waals surface area (Å²) in [5.41, 5.74) is 0.689. The highest BCUT2D eigenvalue weighted by Gasteiger charge is 2.15. The summed E-state index contributed by atoms with van der Waals surface area (Å²) in [7, 11) is 0. The van der Waals surface area contributed by atoms with Crippen LogP contribution in [0.15, 0.2) is 24.3 Å². The standard InChI is InChI=1S/C14H20ClNO3/c1-9(2)12(17)7-14(19)16-8-13(18)10-3-5-11(15)6-4-10/h3-6,9,12-13,17-18H,7-8H2,1-2H3,(H,16,19). The number of aliphatic hydroxyl groups is 2. The summed E-state index contributed by atoms with van der Waals surface area (Å²) in [6.45, 7) is 3.81. The predicted octanol–water partition coefficient (Wildman–Crippen LogP) is 1.90. The van der Waals surface area contributed by atoms with Crippen molar-refractivity contribution in [1.82, 2.24) is 5.32 Å². The number of benzene rings is 1. The molecule has 0 radical (unpaired) electrons. The van der Waals surface area contributed by atoms with Gasteiger partial charge in [0.15, 0.2) is 0 Å². The Kier molecular flexibility index (Phi) is 6.28. The first-order chi connectivity index (χ1) is 8.90. The molecule has 0 heterocycles. The van der Waals surface area contributed by atoms with Crippen molar-refractivity contribution < 1.29 is 15.0 Å². The van der Waals surface area contributed by atoms with Crippen LogP contribution in [0.25, 0.3) is 0 Å². The number of nitrogens with one attached hydrogen (secondary N) is 1. The first-order valence-corrected chi connectivity index (χ1v) is 6.66. The van der Waals surface area contributed by atoms with Crippen LogP contribution in [0.3, 0.4) is 0 Å². The molecule has 4 nitrogen and oxygen atoms in total. The summed E-state index contributed by atoms with van der Waals surface area (Å²) in [5.74, 6) is -0.235. The van der Waals surface area contributed by atoms with Gasteiger partial charge in [-0.1, -0.05) is 37.6 Å². The fourth-order valence-corrected chi connectivity index (χ4v) is 1.64. The van der Waals surface area contributed by atoms with Gasteiger partial charge in [-0.2, -0.15) is 0 Å². The highest BCUT2D eigenvalue weighted by atomic mass is 35.5. The number of carbonyl (C=O) groups is 1. The summed E-state index contributed by atoms with van der Waals surface area (Å²) in [5, 5.41) is 22.7. The molecule has 0 aromatic heterocycles. The molecule has 3 N–H and O–H groups in total. The topological polar surface area (TPSA) is 69.6 Å².